The van der Waals surface area contributed by atoms with E-state index in [0.717, 1.165) is 18.4 Å². The lowest BCUT2D eigenvalue weighted by Gasteiger charge is -2.29. The van der Waals surface area contributed by atoms with Gasteiger partial charge >= 0.3 is 0 Å². The fourth-order valence-electron chi connectivity index (χ4n) is 2.24. The summed E-state index contributed by atoms with van der Waals surface area (Å²) in [5.74, 6) is 0.715. The molecule has 22 heavy (non-hydrogen) atoms. The standard InChI is InChI=1S/C19H29NO2/c1-15(2)11-7-5-10-14-18(21)20(4)16(3)19(22)17-12-8-6-9-13-17/h5-9,12-13,15-16,19,22H,10-11,14H2,1-4H3/b7-5+/t16-,19+/m1/s1. The summed E-state index contributed by atoms with van der Waals surface area (Å²) in [4.78, 5) is 13.8. The number of likely N-dealkylation sites (N-methyl/N-ethyl adjacent to an activating group) is 1. The van der Waals surface area contributed by atoms with Crippen LogP contribution in [0.1, 0.15) is 51.7 Å². The second kappa shape index (κ2) is 9.42. The number of amides is 1. The molecule has 0 aliphatic heterocycles. The Balaban J connectivity index is 2.46. The van der Waals surface area contributed by atoms with Crippen molar-refractivity contribution >= 4 is 5.91 Å². The summed E-state index contributed by atoms with van der Waals surface area (Å²) in [6.07, 6.45) is 5.84. The van der Waals surface area contributed by atoms with Crippen molar-refractivity contribution in [3.05, 3.63) is 48.0 Å². The molecule has 0 saturated heterocycles. The lowest BCUT2D eigenvalue weighted by atomic mass is 10.0. The molecule has 2 atom stereocenters. The molecule has 1 amide bonds. The van der Waals surface area contributed by atoms with Crippen molar-refractivity contribution in [3.63, 3.8) is 0 Å². The number of allylic oxidation sites excluding steroid dienone is 2. The van der Waals surface area contributed by atoms with Crippen molar-refractivity contribution in [2.75, 3.05) is 7.05 Å². The zero-order valence-electron chi connectivity index (χ0n) is 14.2. The number of aliphatic hydroxyl groups is 1. The van der Waals surface area contributed by atoms with E-state index in [-0.39, 0.29) is 11.9 Å². The Labute approximate surface area is 134 Å². The van der Waals surface area contributed by atoms with E-state index in [2.05, 4.69) is 26.0 Å². The van der Waals surface area contributed by atoms with Crippen LogP contribution in [0, 0.1) is 5.92 Å². The Morgan fingerprint density at radius 1 is 1.18 bits per heavy atom. The van der Waals surface area contributed by atoms with E-state index in [9.17, 15) is 9.90 Å². The van der Waals surface area contributed by atoms with Gasteiger partial charge in [-0.05, 0) is 31.2 Å². The number of carbonyl (C=O) groups is 1. The normalized spacial score (nSPS) is 14.3. The minimum atomic E-state index is -0.661. The Morgan fingerprint density at radius 2 is 1.82 bits per heavy atom. The van der Waals surface area contributed by atoms with Gasteiger partial charge in [-0.3, -0.25) is 4.79 Å². The molecular weight excluding hydrogens is 274 g/mol. The van der Waals surface area contributed by atoms with Gasteiger partial charge in [-0.15, -0.1) is 0 Å². The first kappa shape index (κ1) is 18.4. The van der Waals surface area contributed by atoms with Gasteiger partial charge < -0.3 is 10.0 Å². The van der Waals surface area contributed by atoms with Gasteiger partial charge in [-0.2, -0.15) is 0 Å². The summed E-state index contributed by atoms with van der Waals surface area (Å²) >= 11 is 0. The molecule has 0 spiro atoms. The third-order valence-corrected chi connectivity index (χ3v) is 3.90. The van der Waals surface area contributed by atoms with E-state index in [1.807, 2.05) is 37.3 Å². The van der Waals surface area contributed by atoms with Gasteiger partial charge in [0.05, 0.1) is 12.1 Å². The van der Waals surface area contributed by atoms with Gasteiger partial charge in [0.25, 0.3) is 0 Å². The number of benzene rings is 1. The summed E-state index contributed by atoms with van der Waals surface area (Å²) in [6, 6.07) is 9.23. The van der Waals surface area contributed by atoms with Gasteiger partial charge in [0, 0.05) is 13.5 Å². The number of nitrogens with zero attached hydrogens (tertiary/aromatic N) is 1. The predicted octanol–water partition coefficient (Wildman–Crippen LogP) is 3.95. The minimum Gasteiger partial charge on any atom is -0.386 e. The maximum absolute atomic E-state index is 12.2. The summed E-state index contributed by atoms with van der Waals surface area (Å²) in [5, 5.41) is 10.4. The Kier molecular flexibility index (Phi) is 7.89. The van der Waals surface area contributed by atoms with Crippen LogP contribution in [-0.2, 0) is 4.79 Å². The summed E-state index contributed by atoms with van der Waals surface area (Å²) in [6.45, 7) is 6.23. The summed E-state index contributed by atoms with van der Waals surface area (Å²) in [7, 11) is 1.76. The largest absolute Gasteiger partial charge is 0.386 e. The average Bonchev–Trinajstić information content (AvgIpc) is 2.52. The first-order valence-corrected chi connectivity index (χ1v) is 8.07. The van der Waals surface area contributed by atoms with Crippen LogP contribution >= 0.6 is 0 Å². The van der Waals surface area contributed by atoms with Gasteiger partial charge in [-0.25, -0.2) is 0 Å². The number of carbonyl (C=O) groups excluding carboxylic acids is 1. The molecule has 3 heteroatoms. The monoisotopic (exact) mass is 303 g/mol. The molecule has 3 nitrogen and oxygen atoms in total. The molecule has 122 valence electrons. The third-order valence-electron chi connectivity index (χ3n) is 3.90. The topological polar surface area (TPSA) is 40.5 Å². The summed E-state index contributed by atoms with van der Waals surface area (Å²) in [5.41, 5.74) is 0.839. The molecule has 1 aromatic rings. The molecule has 0 unspecified atom stereocenters. The number of hydrogen-bond acceptors (Lipinski definition) is 2. The van der Waals surface area contributed by atoms with Crippen LogP contribution in [0.4, 0.5) is 0 Å². The Morgan fingerprint density at radius 3 is 2.41 bits per heavy atom. The fourth-order valence-corrected chi connectivity index (χ4v) is 2.24. The molecule has 1 aromatic carbocycles. The van der Waals surface area contributed by atoms with E-state index >= 15 is 0 Å². The SMILES string of the molecule is CC(C)C/C=C/CCC(=O)N(C)[C@H](C)[C@H](O)c1ccccc1. The molecular formula is C19H29NO2. The molecule has 1 N–H and O–H groups in total. The third kappa shape index (κ3) is 6.02. The highest BCUT2D eigenvalue weighted by molar-refractivity contribution is 5.76. The van der Waals surface area contributed by atoms with Crippen molar-refractivity contribution in [1.29, 1.82) is 0 Å². The highest BCUT2D eigenvalue weighted by Gasteiger charge is 2.23. The quantitative estimate of drug-likeness (QED) is 0.739. The lowest BCUT2D eigenvalue weighted by Crippen LogP contribution is -2.38. The molecule has 0 radical (unpaired) electrons. The molecule has 0 aliphatic carbocycles. The highest BCUT2D eigenvalue weighted by atomic mass is 16.3. The zero-order valence-corrected chi connectivity index (χ0v) is 14.2. The first-order chi connectivity index (χ1) is 10.4. The van der Waals surface area contributed by atoms with E-state index in [0.29, 0.717) is 12.3 Å². The second-order valence-corrected chi connectivity index (χ2v) is 6.24. The number of hydrogen-bond donors (Lipinski definition) is 1. The van der Waals surface area contributed by atoms with Gasteiger partial charge in [0.15, 0.2) is 0 Å². The van der Waals surface area contributed by atoms with E-state index < -0.39 is 6.10 Å². The molecule has 0 saturated carbocycles. The molecule has 0 fully saturated rings. The lowest BCUT2D eigenvalue weighted by molar-refractivity contribution is -0.133. The second-order valence-electron chi connectivity index (χ2n) is 6.24. The van der Waals surface area contributed by atoms with Crippen molar-refractivity contribution in [1.82, 2.24) is 4.90 Å². The number of rotatable bonds is 8. The molecule has 0 heterocycles. The first-order valence-electron chi connectivity index (χ1n) is 8.07. The van der Waals surface area contributed by atoms with E-state index in [4.69, 9.17) is 0 Å². The van der Waals surface area contributed by atoms with E-state index in [1.54, 1.807) is 11.9 Å². The van der Waals surface area contributed by atoms with Crippen LogP contribution in [0.25, 0.3) is 0 Å². The number of aliphatic hydroxyl groups excluding tert-OH is 1. The van der Waals surface area contributed by atoms with Crippen LogP contribution < -0.4 is 0 Å². The molecule has 0 aromatic heterocycles. The smallest absolute Gasteiger partial charge is 0.222 e. The van der Waals surface area contributed by atoms with Crippen LogP contribution in [0.15, 0.2) is 42.5 Å². The van der Waals surface area contributed by atoms with Crippen LogP contribution in [-0.4, -0.2) is 29.0 Å². The minimum absolute atomic E-state index is 0.0664. The van der Waals surface area contributed by atoms with E-state index in [1.165, 1.54) is 0 Å². The van der Waals surface area contributed by atoms with Crippen molar-refractivity contribution < 1.29 is 9.90 Å². The predicted molar refractivity (Wildman–Crippen MR) is 91.5 cm³/mol. The summed E-state index contributed by atoms with van der Waals surface area (Å²) < 4.78 is 0. The average molecular weight is 303 g/mol. The molecule has 1 rings (SSSR count). The van der Waals surface area contributed by atoms with Crippen LogP contribution in [0.2, 0.25) is 0 Å². The van der Waals surface area contributed by atoms with Crippen molar-refractivity contribution in [2.45, 2.75) is 52.2 Å². The van der Waals surface area contributed by atoms with Gasteiger partial charge in [0.1, 0.15) is 0 Å². The van der Waals surface area contributed by atoms with Gasteiger partial charge in [0.2, 0.25) is 5.91 Å². The molecule has 0 bridgehead atoms. The Bertz CT molecular complexity index is 468. The van der Waals surface area contributed by atoms with Crippen molar-refractivity contribution in [2.24, 2.45) is 5.92 Å². The maximum Gasteiger partial charge on any atom is 0.222 e. The fraction of sp³-hybridized carbons (Fsp3) is 0.526. The molecule has 0 aliphatic rings. The van der Waals surface area contributed by atoms with Crippen molar-refractivity contribution in [3.8, 4) is 0 Å². The Hall–Kier alpha value is -1.61. The van der Waals surface area contributed by atoms with Gasteiger partial charge in [-0.1, -0.05) is 56.3 Å². The highest BCUT2D eigenvalue weighted by Crippen LogP contribution is 2.20. The van der Waals surface area contributed by atoms with Crippen LogP contribution in [0.5, 0.6) is 0 Å². The maximum atomic E-state index is 12.2. The zero-order chi connectivity index (χ0) is 16.5. The van der Waals surface area contributed by atoms with Crippen LogP contribution in [0.3, 0.4) is 0 Å².